The molecule has 0 fully saturated rings. The summed E-state index contributed by atoms with van der Waals surface area (Å²) < 4.78 is 5.13. The van der Waals surface area contributed by atoms with Crippen LogP contribution in [0.15, 0.2) is 53.5 Å². The first-order chi connectivity index (χ1) is 12.0. The number of rotatable bonds is 7. The van der Waals surface area contributed by atoms with Crippen LogP contribution in [0.5, 0.6) is 5.88 Å². The van der Waals surface area contributed by atoms with Crippen LogP contribution in [0.25, 0.3) is 0 Å². The summed E-state index contributed by atoms with van der Waals surface area (Å²) in [7, 11) is 1.59. The Morgan fingerprint density at radius 2 is 1.92 bits per heavy atom. The van der Waals surface area contributed by atoms with Crippen molar-refractivity contribution >= 4 is 5.96 Å². The Kier molecular flexibility index (Phi) is 6.77. The van der Waals surface area contributed by atoms with Crippen molar-refractivity contribution in [2.24, 2.45) is 4.99 Å². The van der Waals surface area contributed by atoms with E-state index in [1.807, 2.05) is 49.4 Å². The first kappa shape index (κ1) is 18.7. The fourth-order valence-corrected chi connectivity index (χ4v) is 2.32. The van der Waals surface area contributed by atoms with Gasteiger partial charge in [-0.05, 0) is 25.5 Å². The molecule has 0 amide bonds. The number of aliphatic hydroxyl groups is 1. The highest BCUT2D eigenvalue weighted by Crippen LogP contribution is 2.18. The van der Waals surface area contributed by atoms with Crippen molar-refractivity contribution in [3.05, 3.63) is 59.8 Å². The molecule has 0 aliphatic rings. The molecule has 0 saturated heterocycles. The molecule has 25 heavy (non-hydrogen) atoms. The second-order valence-electron chi connectivity index (χ2n) is 5.86. The maximum Gasteiger partial charge on any atom is 0.213 e. The van der Waals surface area contributed by atoms with E-state index in [1.54, 1.807) is 20.1 Å². The SMILES string of the molecule is CCNC(=NCc1cccc(OC)n1)NCC(C)(O)c1ccccc1. The van der Waals surface area contributed by atoms with E-state index in [0.717, 1.165) is 17.8 Å². The maximum absolute atomic E-state index is 10.7. The lowest BCUT2D eigenvalue weighted by molar-refractivity contribution is 0.0617. The van der Waals surface area contributed by atoms with Crippen molar-refractivity contribution in [1.82, 2.24) is 15.6 Å². The van der Waals surface area contributed by atoms with Crippen molar-refractivity contribution in [3.63, 3.8) is 0 Å². The molecule has 0 spiro atoms. The van der Waals surface area contributed by atoms with Crippen molar-refractivity contribution in [2.75, 3.05) is 20.2 Å². The molecular weight excluding hydrogens is 316 g/mol. The van der Waals surface area contributed by atoms with Gasteiger partial charge in [0.15, 0.2) is 5.96 Å². The number of benzene rings is 1. The quantitative estimate of drug-likeness (QED) is 0.530. The molecule has 0 bridgehead atoms. The number of methoxy groups -OCH3 is 1. The van der Waals surface area contributed by atoms with Gasteiger partial charge >= 0.3 is 0 Å². The molecular formula is C19H26N4O2. The van der Waals surface area contributed by atoms with E-state index in [0.29, 0.717) is 24.9 Å². The smallest absolute Gasteiger partial charge is 0.213 e. The number of nitrogens with zero attached hydrogens (tertiary/aromatic N) is 2. The number of guanidine groups is 1. The molecule has 0 saturated carbocycles. The average molecular weight is 342 g/mol. The summed E-state index contributed by atoms with van der Waals surface area (Å²) in [5, 5.41) is 17.0. The summed E-state index contributed by atoms with van der Waals surface area (Å²) in [5.41, 5.74) is 0.672. The molecule has 3 N–H and O–H groups in total. The summed E-state index contributed by atoms with van der Waals surface area (Å²) in [5.74, 6) is 1.20. The van der Waals surface area contributed by atoms with E-state index in [1.165, 1.54) is 0 Å². The van der Waals surface area contributed by atoms with Crippen LogP contribution in [-0.2, 0) is 12.1 Å². The predicted molar refractivity (Wildman–Crippen MR) is 99.6 cm³/mol. The van der Waals surface area contributed by atoms with E-state index in [2.05, 4.69) is 20.6 Å². The second-order valence-corrected chi connectivity index (χ2v) is 5.86. The van der Waals surface area contributed by atoms with Crippen molar-refractivity contribution < 1.29 is 9.84 Å². The van der Waals surface area contributed by atoms with Crippen LogP contribution < -0.4 is 15.4 Å². The van der Waals surface area contributed by atoms with Crippen molar-refractivity contribution in [3.8, 4) is 5.88 Å². The summed E-state index contributed by atoms with van der Waals surface area (Å²) in [6, 6.07) is 15.2. The van der Waals surface area contributed by atoms with E-state index in [-0.39, 0.29) is 0 Å². The van der Waals surface area contributed by atoms with E-state index in [9.17, 15) is 5.11 Å². The maximum atomic E-state index is 10.7. The first-order valence-corrected chi connectivity index (χ1v) is 8.35. The number of aromatic nitrogens is 1. The Hall–Kier alpha value is -2.60. The third kappa shape index (κ3) is 5.76. The van der Waals surface area contributed by atoms with Crippen LogP contribution >= 0.6 is 0 Å². The average Bonchev–Trinajstić information content (AvgIpc) is 2.65. The Balaban J connectivity index is 2.02. The van der Waals surface area contributed by atoms with E-state index in [4.69, 9.17) is 4.74 Å². The largest absolute Gasteiger partial charge is 0.481 e. The summed E-state index contributed by atoms with van der Waals surface area (Å²) in [4.78, 5) is 8.87. The minimum atomic E-state index is -0.994. The van der Waals surface area contributed by atoms with Gasteiger partial charge in [0.1, 0.15) is 5.60 Å². The highest BCUT2D eigenvalue weighted by molar-refractivity contribution is 5.79. The second kappa shape index (κ2) is 9.03. The van der Waals surface area contributed by atoms with Gasteiger partial charge < -0.3 is 20.5 Å². The molecule has 1 aromatic heterocycles. The highest BCUT2D eigenvalue weighted by atomic mass is 16.5. The topological polar surface area (TPSA) is 78.8 Å². The van der Waals surface area contributed by atoms with Crippen LogP contribution in [0.1, 0.15) is 25.1 Å². The number of ether oxygens (including phenoxy) is 1. The zero-order valence-corrected chi connectivity index (χ0v) is 15.0. The van der Waals surface area contributed by atoms with Crippen molar-refractivity contribution in [2.45, 2.75) is 26.0 Å². The van der Waals surface area contributed by atoms with Crippen LogP contribution in [0.2, 0.25) is 0 Å². The molecule has 2 rings (SSSR count). The number of pyridine rings is 1. The normalized spacial score (nSPS) is 13.8. The van der Waals surface area contributed by atoms with Gasteiger partial charge in [0.05, 0.1) is 25.9 Å². The molecule has 6 nitrogen and oxygen atoms in total. The Labute approximate surface area is 149 Å². The number of hydrogen-bond acceptors (Lipinski definition) is 4. The predicted octanol–water partition coefficient (Wildman–Crippen LogP) is 2.05. The van der Waals surface area contributed by atoms with Crippen molar-refractivity contribution in [1.29, 1.82) is 0 Å². The van der Waals surface area contributed by atoms with Crippen LogP contribution in [0.3, 0.4) is 0 Å². The Bertz CT molecular complexity index is 687. The lowest BCUT2D eigenvalue weighted by atomic mass is 9.96. The Morgan fingerprint density at radius 3 is 2.60 bits per heavy atom. The Morgan fingerprint density at radius 1 is 1.16 bits per heavy atom. The highest BCUT2D eigenvalue weighted by Gasteiger charge is 2.22. The fraction of sp³-hybridized carbons (Fsp3) is 0.368. The summed E-state index contributed by atoms with van der Waals surface area (Å²) in [6.45, 7) is 5.26. The minimum absolute atomic E-state index is 0.342. The standard InChI is InChI=1S/C19H26N4O2/c1-4-20-18(21-13-16-11-8-12-17(23-16)25-3)22-14-19(2,24)15-9-6-5-7-10-15/h5-12,24H,4,13-14H2,1-3H3,(H2,20,21,22). The zero-order valence-electron chi connectivity index (χ0n) is 15.0. The van der Waals surface area contributed by atoms with Gasteiger partial charge in [0.25, 0.3) is 0 Å². The van der Waals surface area contributed by atoms with Gasteiger partial charge in [-0.2, -0.15) is 0 Å². The van der Waals surface area contributed by atoms with Gasteiger partial charge in [-0.1, -0.05) is 36.4 Å². The molecule has 0 aliphatic carbocycles. The lowest BCUT2D eigenvalue weighted by Crippen LogP contribution is -2.44. The molecule has 1 aromatic carbocycles. The third-order valence-corrected chi connectivity index (χ3v) is 3.73. The molecule has 134 valence electrons. The summed E-state index contributed by atoms with van der Waals surface area (Å²) in [6.07, 6.45) is 0. The van der Waals surface area contributed by atoms with Gasteiger partial charge in [0, 0.05) is 12.6 Å². The van der Waals surface area contributed by atoms with Crippen LogP contribution in [-0.4, -0.2) is 36.2 Å². The van der Waals surface area contributed by atoms with E-state index >= 15 is 0 Å². The van der Waals surface area contributed by atoms with Crippen LogP contribution in [0.4, 0.5) is 0 Å². The van der Waals surface area contributed by atoms with Crippen LogP contribution in [0, 0.1) is 0 Å². The first-order valence-electron chi connectivity index (χ1n) is 8.35. The molecule has 1 atom stereocenters. The molecule has 1 unspecified atom stereocenters. The van der Waals surface area contributed by atoms with Gasteiger partial charge in [-0.3, -0.25) is 0 Å². The number of nitrogens with one attached hydrogen (secondary N) is 2. The lowest BCUT2D eigenvalue weighted by Gasteiger charge is -2.25. The van der Waals surface area contributed by atoms with Gasteiger partial charge in [0.2, 0.25) is 5.88 Å². The summed E-state index contributed by atoms with van der Waals surface area (Å²) >= 11 is 0. The number of aliphatic imine (C=N–C) groups is 1. The minimum Gasteiger partial charge on any atom is -0.481 e. The number of hydrogen-bond donors (Lipinski definition) is 3. The zero-order chi connectivity index (χ0) is 18.1. The molecule has 6 heteroatoms. The molecule has 0 aliphatic heterocycles. The molecule has 1 heterocycles. The monoisotopic (exact) mass is 342 g/mol. The molecule has 2 aromatic rings. The molecule has 0 radical (unpaired) electrons. The van der Waals surface area contributed by atoms with Gasteiger partial charge in [-0.25, -0.2) is 9.98 Å². The van der Waals surface area contributed by atoms with Gasteiger partial charge in [-0.15, -0.1) is 0 Å². The fourth-order valence-electron chi connectivity index (χ4n) is 2.32. The van der Waals surface area contributed by atoms with E-state index < -0.39 is 5.60 Å². The third-order valence-electron chi connectivity index (χ3n) is 3.73.